The Kier molecular flexibility index (Phi) is 2.45. The number of nitro groups is 1. The highest BCUT2D eigenvalue weighted by atomic mass is 19.3. The molecule has 6 nitrogen and oxygen atoms in total. The van der Waals surface area contributed by atoms with Crippen LogP contribution in [0.2, 0.25) is 0 Å². The van der Waals surface area contributed by atoms with Gasteiger partial charge in [0, 0.05) is 0 Å². The van der Waals surface area contributed by atoms with Crippen LogP contribution in [0, 0.1) is 10.1 Å². The van der Waals surface area contributed by atoms with Crippen LogP contribution in [0.15, 0.2) is 11.0 Å². The molecule has 0 fully saturated rings. The van der Waals surface area contributed by atoms with Gasteiger partial charge in [-0.05, 0) is 0 Å². The van der Waals surface area contributed by atoms with Gasteiger partial charge in [0.2, 0.25) is 0 Å². The van der Waals surface area contributed by atoms with Crippen molar-refractivity contribution in [2.24, 2.45) is 0 Å². The number of anilines is 1. The van der Waals surface area contributed by atoms with E-state index < -0.39 is 33.8 Å². The maximum atomic E-state index is 12.2. The molecule has 1 aromatic heterocycles. The molecule has 0 unspecified atom stereocenters. The molecule has 8 heteroatoms. The summed E-state index contributed by atoms with van der Waals surface area (Å²) in [5.74, 6) is 0. The van der Waals surface area contributed by atoms with Gasteiger partial charge in [-0.1, -0.05) is 0 Å². The average molecular weight is 205 g/mol. The van der Waals surface area contributed by atoms with E-state index in [-0.39, 0.29) is 0 Å². The Morgan fingerprint density at radius 2 is 2.14 bits per heavy atom. The third-order valence-corrected chi connectivity index (χ3v) is 1.57. The molecule has 14 heavy (non-hydrogen) atoms. The molecule has 1 rings (SSSR count). The third-order valence-electron chi connectivity index (χ3n) is 1.57. The lowest BCUT2D eigenvalue weighted by Gasteiger charge is -2.02. The Morgan fingerprint density at radius 1 is 1.57 bits per heavy atom. The fourth-order valence-corrected chi connectivity index (χ4v) is 0.917. The van der Waals surface area contributed by atoms with Crippen molar-refractivity contribution in [3.05, 3.63) is 32.2 Å². The van der Waals surface area contributed by atoms with E-state index in [0.717, 1.165) is 0 Å². The van der Waals surface area contributed by atoms with Crippen LogP contribution in [0.4, 0.5) is 20.2 Å². The number of pyridine rings is 1. The number of nitrogens with one attached hydrogen (secondary N) is 1. The topological polar surface area (TPSA) is 102 Å². The van der Waals surface area contributed by atoms with E-state index in [9.17, 15) is 23.7 Å². The standard InChI is InChI=1S/C6H5F2N3O3/c7-5(8)3-4(9)2(11(13)14)1-10-6(3)12/h1,5H,(H3,9,10,12). The second kappa shape index (κ2) is 3.40. The van der Waals surface area contributed by atoms with E-state index in [2.05, 4.69) is 0 Å². The van der Waals surface area contributed by atoms with E-state index in [4.69, 9.17) is 5.73 Å². The molecule has 0 spiro atoms. The predicted octanol–water partition coefficient (Wildman–Crippen LogP) is 0.803. The number of aromatic nitrogens is 1. The van der Waals surface area contributed by atoms with Gasteiger partial charge in [-0.15, -0.1) is 0 Å². The van der Waals surface area contributed by atoms with Crippen LogP contribution in [0.25, 0.3) is 0 Å². The molecule has 0 aliphatic carbocycles. The van der Waals surface area contributed by atoms with Crippen LogP contribution >= 0.6 is 0 Å². The molecule has 3 N–H and O–H groups in total. The summed E-state index contributed by atoms with van der Waals surface area (Å²) in [6.45, 7) is 0. The van der Waals surface area contributed by atoms with Crippen molar-refractivity contribution in [2.45, 2.75) is 6.43 Å². The van der Waals surface area contributed by atoms with Crippen molar-refractivity contribution in [2.75, 3.05) is 5.73 Å². The Labute approximate surface area is 75.5 Å². The lowest BCUT2D eigenvalue weighted by Crippen LogP contribution is -2.16. The van der Waals surface area contributed by atoms with Gasteiger partial charge >= 0.3 is 5.69 Å². The number of nitrogen functional groups attached to an aromatic ring is 1. The highest BCUT2D eigenvalue weighted by Crippen LogP contribution is 2.27. The molecule has 0 aromatic carbocycles. The molecule has 1 heterocycles. The number of hydrogen-bond acceptors (Lipinski definition) is 4. The van der Waals surface area contributed by atoms with Crippen molar-refractivity contribution in [1.82, 2.24) is 4.98 Å². The number of rotatable bonds is 2. The van der Waals surface area contributed by atoms with Gasteiger partial charge in [-0.25, -0.2) is 8.78 Å². The second-order valence-corrected chi connectivity index (χ2v) is 2.39. The van der Waals surface area contributed by atoms with Gasteiger partial charge in [0.05, 0.1) is 11.1 Å². The summed E-state index contributed by atoms with van der Waals surface area (Å²) in [5, 5.41) is 10.3. The first-order chi connectivity index (χ1) is 6.45. The number of H-pyrrole nitrogens is 1. The zero-order chi connectivity index (χ0) is 10.9. The molecule has 0 atom stereocenters. The van der Waals surface area contributed by atoms with Crippen LogP contribution in [0.1, 0.15) is 12.0 Å². The fourth-order valence-electron chi connectivity index (χ4n) is 0.917. The van der Waals surface area contributed by atoms with Gasteiger partial charge in [0.1, 0.15) is 11.3 Å². The van der Waals surface area contributed by atoms with Crippen molar-refractivity contribution in [3.8, 4) is 0 Å². The lowest BCUT2D eigenvalue weighted by molar-refractivity contribution is -0.384. The van der Waals surface area contributed by atoms with Crippen LogP contribution in [0.5, 0.6) is 0 Å². The van der Waals surface area contributed by atoms with E-state index in [0.29, 0.717) is 6.20 Å². The minimum atomic E-state index is -3.14. The molecular weight excluding hydrogens is 200 g/mol. The van der Waals surface area contributed by atoms with Gasteiger partial charge in [0.25, 0.3) is 12.0 Å². The maximum Gasteiger partial charge on any atom is 0.308 e. The zero-order valence-corrected chi connectivity index (χ0v) is 6.66. The fraction of sp³-hybridized carbons (Fsp3) is 0.167. The van der Waals surface area contributed by atoms with E-state index >= 15 is 0 Å². The smallest absolute Gasteiger partial charge is 0.308 e. The first-order valence-corrected chi connectivity index (χ1v) is 3.38. The highest BCUT2D eigenvalue weighted by molar-refractivity contribution is 5.61. The second-order valence-electron chi connectivity index (χ2n) is 2.39. The van der Waals surface area contributed by atoms with Crippen LogP contribution in [0.3, 0.4) is 0 Å². The molecule has 1 aromatic rings. The highest BCUT2D eigenvalue weighted by Gasteiger charge is 2.23. The summed E-state index contributed by atoms with van der Waals surface area (Å²) < 4.78 is 24.4. The normalized spacial score (nSPS) is 10.5. The molecule has 0 saturated carbocycles. The quantitative estimate of drug-likeness (QED) is 0.550. The van der Waals surface area contributed by atoms with Gasteiger partial charge in [-0.3, -0.25) is 14.9 Å². The summed E-state index contributed by atoms with van der Waals surface area (Å²) in [6.07, 6.45) is -2.46. The monoisotopic (exact) mass is 205 g/mol. The van der Waals surface area contributed by atoms with Crippen LogP contribution in [-0.2, 0) is 0 Å². The summed E-state index contributed by atoms with van der Waals surface area (Å²) in [7, 11) is 0. The molecular formula is C6H5F2N3O3. The molecule has 0 amide bonds. The number of nitrogens with zero attached hydrogens (tertiary/aromatic N) is 1. The van der Waals surface area contributed by atoms with Crippen molar-refractivity contribution in [1.29, 1.82) is 0 Å². The van der Waals surface area contributed by atoms with Crippen LogP contribution in [-0.4, -0.2) is 9.91 Å². The molecule has 0 bridgehead atoms. The minimum absolute atomic E-state index is 0.684. The van der Waals surface area contributed by atoms with Gasteiger partial charge in [0.15, 0.2) is 0 Å². The Bertz CT molecular complexity index is 429. The summed E-state index contributed by atoms with van der Waals surface area (Å²) in [4.78, 5) is 22.0. The summed E-state index contributed by atoms with van der Waals surface area (Å²) in [5.41, 5.74) is 1.32. The SMILES string of the molecule is Nc1c([N+](=O)[O-])c[nH]c(=O)c1C(F)F. The first kappa shape index (κ1) is 10.1. The number of aromatic amines is 1. The lowest BCUT2D eigenvalue weighted by atomic mass is 10.2. The van der Waals surface area contributed by atoms with E-state index in [1.165, 1.54) is 0 Å². The number of halogens is 2. The number of alkyl halides is 2. The average Bonchev–Trinajstić information content (AvgIpc) is 2.02. The molecule has 0 radical (unpaired) electrons. The molecule has 0 aliphatic heterocycles. The number of hydrogen-bond donors (Lipinski definition) is 2. The predicted molar refractivity (Wildman–Crippen MR) is 43.1 cm³/mol. The van der Waals surface area contributed by atoms with Gasteiger partial charge in [-0.2, -0.15) is 0 Å². The number of nitrogens with two attached hydrogens (primary N) is 1. The van der Waals surface area contributed by atoms with Crippen molar-refractivity contribution < 1.29 is 13.7 Å². The zero-order valence-electron chi connectivity index (χ0n) is 6.66. The molecule has 76 valence electrons. The van der Waals surface area contributed by atoms with Gasteiger partial charge < -0.3 is 10.7 Å². The Balaban J connectivity index is 3.49. The maximum absolute atomic E-state index is 12.2. The molecule has 0 saturated heterocycles. The summed E-state index contributed by atoms with van der Waals surface area (Å²) in [6, 6.07) is 0. The largest absolute Gasteiger partial charge is 0.393 e. The Morgan fingerprint density at radius 3 is 2.57 bits per heavy atom. The first-order valence-electron chi connectivity index (χ1n) is 3.38. The van der Waals surface area contributed by atoms with E-state index in [1.807, 2.05) is 4.98 Å². The van der Waals surface area contributed by atoms with Crippen LogP contribution < -0.4 is 11.3 Å². The molecule has 0 aliphatic rings. The van der Waals surface area contributed by atoms with Crippen molar-refractivity contribution in [3.63, 3.8) is 0 Å². The minimum Gasteiger partial charge on any atom is -0.393 e. The Hall–Kier alpha value is -1.99. The summed E-state index contributed by atoms with van der Waals surface area (Å²) >= 11 is 0. The third kappa shape index (κ3) is 1.53. The van der Waals surface area contributed by atoms with E-state index in [1.54, 1.807) is 0 Å². The van der Waals surface area contributed by atoms with Crippen molar-refractivity contribution >= 4 is 11.4 Å².